The molecular formula is C13H8BrF3O2. The molecule has 100 valence electrons. The van der Waals surface area contributed by atoms with Crippen molar-refractivity contribution in [2.24, 2.45) is 0 Å². The molecule has 0 bridgehead atoms. The molecule has 0 spiro atoms. The van der Waals surface area contributed by atoms with Gasteiger partial charge in [0.2, 0.25) is 0 Å². The van der Waals surface area contributed by atoms with Crippen LogP contribution in [0.15, 0.2) is 45.7 Å². The van der Waals surface area contributed by atoms with Gasteiger partial charge in [-0.15, -0.1) is 0 Å². The number of Topliss-reactive ketones (excluding diaryl/α,β-unsaturated/α-hetero) is 1. The lowest BCUT2D eigenvalue weighted by Gasteiger charge is -2.07. The summed E-state index contributed by atoms with van der Waals surface area (Å²) in [4.78, 5) is 11.9. The van der Waals surface area contributed by atoms with E-state index in [2.05, 4.69) is 15.9 Å². The fraction of sp³-hybridized carbons (Fsp3) is 0.154. The van der Waals surface area contributed by atoms with Crippen molar-refractivity contribution in [3.8, 4) is 0 Å². The number of carbonyl (C=O) groups is 1. The molecular weight excluding hydrogens is 325 g/mol. The molecule has 2 nitrogen and oxygen atoms in total. The van der Waals surface area contributed by atoms with Crippen molar-refractivity contribution in [3.63, 3.8) is 0 Å². The molecule has 19 heavy (non-hydrogen) atoms. The van der Waals surface area contributed by atoms with Crippen LogP contribution in [0.5, 0.6) is 0 Å². The van der Waals surface area contributed by atoms with Crippen molar-refractivity contribution in [3.05, 3.63) is 58.0 Å². The second-order valence-electron chi connectivity index (χ2n) is 3.90. The third-order valence-electron chi connectivity index (χ3n) is 2.56. The van der Waals surface area contributed by atoms with Crippen LogP contribution in [0.3, 0.4) is 0 Å². The molecule has 2 rings (SSSR count). The van der Waals surface area contributed by atoms with Gasteiger partial charge in [-0.1, -0.05) is 12.1 Å². The van der Waals surface area contributed by atoms with Gasteiger partial charge in [-0.2, -0.15) is 13.2 Å². The zero-order valence-corrected chi connectivity index (χ0v) is 11.1. The van der Waals surface area contributed by atoms with Crippen molar-refractivity contribution >= 4 is 21.7 Å². The number of ketones is 1. The molecule has 0 amide bonds. The van der Waals surface area contributed by atoms with Gasteiger partial charge in [0.05, 0.1) is 17.4 Å². The van der Waals surface area contributed by atoms with Gasteiger partial charge in [0.25, 0.3) is 0 Å². The molecule has 2 aromatic rings. The summed E-state index contributed by atoms with van der Waals surface area (Å²) in [5.74, 6) is -0.222. The average Bonchev–Trinajstić information content (AvgIpc) is 2.75. The SMILES string of the molecule is O=C(Cc1ccc(C(F)(F)F)cc1)c1ccoc1Br. The summed E-state index contributed by atoms with van der Waals surface area (Å²) in [5, 5.41) is 0. The van der Waals surface area contributed by atoms with Gasteiger partial charge in [-0.05, 0) is 39.7 Å². The van der Waals surface area contributed by atoms with Gasteiger partial charge in [-0.25, -0.2) is 0 Å². The molecule has 0 radical (unpaired) electrons. The van der Waals surface area contributed by atoms with Crippen LogP contribution in [0, 0.1) is 0 Å². The van der Waals surface area contributed by atoms with E-state index in [1.54, 1.807) is 0 Å². The molecule has 6 heteroatoms. The Morgan fingerprint density at radius 1 is 1.16 bits per heavy atom. The summed E-state index contributed by atoms with van der Waals surface area (Å²) in [5.41, 5.74) is 0.166. The smallest absolute Gasteiger partial charge is 0.416 e. The zero-order valence-electron chi connectivity index (χ0n) is 9.50. The molecule has 0 fully saturated rings. The van der Waals surface area contributed by atoms with Gasteiger partial charge in [-0.3, -0.25) is 4.79 Å². The van der Waals surface area contributed by atoms with E-state index in [1.165, 1.54) is 24.5 Å². The maximum Gasteiger partial charge on any atom is 0.416 e. The molecule has 0 aliphatic carbocycles. The number of alkyl halides is 3. The van der Waals surface area contributed by atoms with Gasteiger partial charge in [0.15, 0.2) is 10.5 Å². The summed E-state index contributed by atoms with van der Waals surface area (Å²) >= 11 is 3.08. The highest BCUT2D eigenvalue weighted by Crippen LogP contribution is 2.29. The lowest BCUT2D eigenvalue weighted by atomic mass is 10.0. The Labute approximate surface area is 115 Å². The number of hydrogen-bond donors (Lipinski definition) is 0. The van der Waals surface area contributed by atoms with E-state index in [1.807, 2.05) is 0 Å². The number of benzene rings is 1. The van der Waals surface area contributed by atoms with Crippen LogP contribution in [0.25, 0.3) is 0 Å². The summed E-state index contributed by atoms with van der Waals surface area (Å²) in [6, 6.07) is 6.04. The summed E-state index contributed by atoms with van der Waals surface area (Å²) in [6.07, 6.45) is -2.98. The van der Waals surface area contributed by atoms with E-state index >= 15 is 0 Å². The van der Waals surface area contributed by atoms with Crippen molar-refractivity contribution in [2.75, 3.05) is 0 Å². The van der Waals surface area contributed by atoms with E-state index in [4.69, 9.17) is 4.42 Å². The Hall–Kier alpha value is -1.56. The molecule has 0 atom stereocenters. The van der Waals surface area contributed by atoms with Crippen molar-refractivity contribution < 1.29 is 22.4 Å². The summed E-state index contributed by atoms with van der Waals surface area (Å²) < 4.78 is 42.4. The Kier molecular flexibility index (Phi) is 3.80. The minimum absolute atomic E-state index is 0.0241. The topological polar surface area (TPSA) is 30.2 Å². The second-order valence-corrected chi connectivity index (χ2v) is 4.62. The highest BCUT2D eigenvalue weighted by Gasteiger charge is 2.30. The van der Waals surface area contributed by atoms with Gasteiger partial charge < -0.3 is 4.42 Å². The standard InChI is InChI=1S/C13H8BrF3O2/c14-12-10(5-6-19-12)11(18)7-8-1-3-9(4-2-8)13(15,16)17/h1-6H,7H2. The zero-order chi connectivity index (χ0) is 14.0. The minimum atomic E-state index is -4.36. The Bertz CT molecular complexity index is 585. The molecule has 1 heterocycles. The Morgan fingerprint density at radius 3 is 2.26 bits per heavy atom. The molecule has 0 unspecified atom stereocenters. The molecule has 1 aromatic heterocycles. The normalized spacial score (nSPS) is 11.6. The number of rotatable bonds is 3. The fourth-order valence-electron chi connectivity index (χ4n) is 1.59. The number of furan rings is 1. The third kappa shape index (κ3) is 3.26. The van der Waals surface area contributed by atoms with Crippen LogP contribution in [-0.2, 0) is 12.6 Å². The first-order valence-electron chi connectivity index (χ1n) is 5.30. The van der Waals surface area contributed by atoms with E-state index in [0.29, 0.717) is 15.8 Å². The van der Waals surface area contributed by atoms with E-state index in [0.717, 1.165) is 12.1 Å². The Balaban J connectivity index is 2.12. The molecule has 1 aromatic carbocycles. The van der Waals surface area contributed by atoms with E-state index in [-0.39, 0.29) is 12.2 Å². The van der Waals surface area contributed by atoms with Crippen molar-refractivity contribution in [1.29, 1.82) is 0 Å². The quantitative estimate of drug-likeness (QED) is 0.775. The predicted molar refractivity (Wildman–Crippen MR) is 65.9 cm³/mol. The number of carbonyl (C=O) groups excluding carboxylic acids is 1. The monoisotopic (exact) mass is 332 g/mol. The minimum Gasteiger partial charge on any atom is -0.457 e. The first-order chi connectivity index (χ1) is 8.88. The first-order valence-corrected chi connectivity index (χ1v) is 6.09. The lowest BCUT2D eigenvalue weighted by molar-refractivity contribution is -0.137. The van der Waals surface area contributed by atoms with Gasteiger partial charge in [0.1, 0.15) is 0 Å². The number of hydrogen-bond acceptors (Lipinski definition) is 2. The number of halogens is 4. The molecule has 0 aliphatic heterocycles. The maximum atomic E-state index is 12.4. The van der Waals surface area contributed by atoms with Gasteiger partial charge in [0, 0.05) is 6.42 Å². The van der Waals surface area contributed by atoms with Crippen LogP contribution < -0.4 is 0 Å². The van der Waals surface area contributed by atoms with E-state index < -0.39 is 11.7 Å². The lowest BCUT2D eigenvalue weighted by Crippen LogP contribution is -2.06. The third-order valence-corrected chi connectivity index (χ3v) is 3.18. The highest BCUT2D eigenvalue weighted by molar-refractivity contribution is 9.10. The summed E-state index contributed by atoms with van der Waals surface area (Å²) in [7, 11) is 0. The fourth-order valence-corrected chi connectivity index (χ4v) is 2.05. The average molecular weight is 333 g/mol. The largest absolute Gasteiger partial charge is 0.457 e. The van der Waals surface area contributed by atoms with Crippen LogP contribution in [0.1, 0.15) is 21.5 Å². The predicted octanol–water partition coefficient (Wildman–Crippen LogP) is 4.49. The van der Waals surface area contributed by atoms with Gasteiger partial charge >= 0.3 is 6.18 Å². The summed E-state index contributed by atoms with van der Waals surface area (Å²) in [6.45, 7) is 0. The second kappa shape index (κ2) is 5.21. The van der Waals surface area contributed by atoms with Crippen LogP contribution in [0.2, 0.25) is 0 Å². The molecule has 0 saturated heterocycles. The van der Waals surface area contributed by atoms with Crippen molar-refractivity contribution in [1.82, 2.24) is 0 Å². The van der Waals surface area contributed by atoms with Crippen LogP contribution in [-0.4, -0.2) is 5.78 Å². The van der Waals surface area contributed by atoms with Crippen LogP contribution >= 0.6 is 15.9 Å². The van der Waals surface area contributed by atoms with Crippen LogP contribution in [0.4, 0.5) is 13.2 Å². The Morgan fingerprint density at radius 2 is 1.79 bits per heavy atom. The highest BCUT2D eigenvalue weighted by atomic mass is 79.9. The molecule has 0 saturated carbocycles. The van der Waals surface area contributed by atoms with Crippen molar-refractivity contribution in [2.45, 2.75) is 12.6 Å². The molecule has 0 N–H and O–H groups in total. The van der Waals surface area contributed by atoms with E-state index in [9.17, 15) is 18.0 Å². The first kappa shape index (κ1) is 13.9. The molecule has 0 aliphatic rings. The maximum absolute atomic E-state index is 12.4.